The molecule has 19 heavy (non-hydrogen) atoms. The Kier molecular flexibility index (Phi) is 2.55. The second-order valence-corrected chi connectivity index (χ2v) is 6.53. The Hall–Kier alpha value is -0.870. The Morgan fingerprint density at radius 2 is 2.16 bits per heavy atom. The molecule has 2 bridgehead atoms. The van der Waals surface area contributed by atoms with Crippen molar-refractivity contribution in [3.63, 3.8) is 0 Å². The van der Waals surface area contributed by atoms with Crippen molar-refractivity contribution >= 4 is 5.97 Å². The minimum absolute atomic E-state index is 0.0487. The number of fused-ring (bicyclic) bond motifs is 7. The van der Waals surface area contributed by atoms with Crippen molar-refractivity contribution in [1.29, 1.82) is 0 Å². The van der Waals surface area contributed by atoms with Crippen molar-refractivity contribution in [1.82, 2.24) is 0 Å². The van der Waals surface area contributed by atoms with E-state index in [0.29, 0.717) is 36.0 Å². The van der Waals surface area contributed by atoms with Crippen molar-refractivity contribution in [2.75, 3.05) is 6.61 Å². The van der Waals surface area contributed by atoms with Gasteiger partial charge in [0.1, 0.15) is 6.10 Å². The van der Waals surface area contributed by atoms with Crippen molar-refractivity contribution in [2.24, 2.45) is 23.7 Å². The van der Waals surface area contributed by atoms with Gasteiger partial charge in [-0.2, -0.15) is 0 Å². The van der Waals surface area contributed by atoms with E-state index in [2.05, 4.69) is 6.58 Å². The average molecular weight is 264 g/mol. The molecule has 0 aromatic carbocycles. The monoisotopic (exact) mass is 264 g/mol. The molecule has 1 aliphatic heterocycles. The maximum atomic E-state index is 11.9. The van der Waals surface area contributed by atoms with Crippen LogP contribution >= 0.6 is 0 Å². The topological polar surface area (TPSA) is 59.1 Å². The van der Waals surface area contributed by atoms with Crippen LogP contribution in [0.15, 0.2) is 12.2 Å². The van der Waals surface area contributed by atoms with Crippen LogP contribution < -0.4 is 0 Å². The molecule has 7 atom stereocenters. The van der Waals surface area contributed by atoms with Gasteiger partial charge in [-0.05, 0) is 37.0 Å². The normalized spacial score (nSPS) is 48.8. The van der Waals surface area contributed by atoms with Gasteiger partial charge in [-0.1, -0.05) is 6.58 Å². The number of esters is 1. The highest BCUT2D eigenvalue weighted by molar-refractivity contribution is 5.87. The summed E-state index contributed by atoms with van der Waals surface area (Å²) in [7, 11) is 0. The van der Waals surface area contributed by atoms with Crippen LogP contribution in [0.1, 0.15) is 25.7 Å². The number of carbonyl (C=O) groups excluding carboxylic acids is 1. The minimum atomic E-state index is -0.325. The SMILES string of the molecule is C=C(CCO)C(=O)OC1CC2CC1C1C2CC2OC21. The van der Waals surface area contributed by atoms with Gasteiger partial charge in [-0.15, -0.1) is 0 Å². The van der Waals surface area contributed by atoms with Crippen molar-refractivity contribution in [3.05, 3.63) is 12.2 Å². The van der Waals surface area contributed by atoms with Crippen LogP contribution in [-0.2, 0) is 14.3 Å². The lowest BCUT2D eigenvalue weighted by atomic mass is 9.79. The molecule has 3 aliphatic carbocycles. The molecule has 1 N–H and O–H groups in total. The molecule has 4 aliphatic rings. The molecule has 4 nitrogen and oxygen atoms in total. The van der Waals surface area contributed by atoms with E-state index >= 15 is 0 Å². The summed E-state index contributed by atoms with van der Waals surface area (Å²) >= 11 is 0. The third-order valence-corrected chi connectivity index (χ3v) is 5.65. The van der Waals surface area contributed by atoms with E-state index in [1.807, 2.05) is 0 Å². The van der Waals surface area contributed by atoms with Gasteiger partial charge in [0.05, 0.1) is 12.2 Å². The fourth-order valence-corrected chi connectivity index (χ4v) is 4.84. The number of ether oxygens (including phenoxy) is 2. The second kappa shape index (κ2) is 4.06. The Balaban J connectivity index is 1.41. The van der Waals surface area contributed by atoms with E-state index in [-0.39, 0.29) is 18.7 Å². The number of aliphatic hydroxyl groups excluding tert-OH is 1. The predicted molar refractivity (Wildman–Crippen MR) is 67.2 cm³/mol. The van der Waals surface area contributed by atoms with Crippen LogP contribution in [0.4, 0.5) is 0 Å². The summed E-state index contributed by atoms with van der Waals surface area (Å²) in [4.78, 5) is 11.9. The van der Waals surface area contributed by atoms with Gasteiger partial charge >= 0.3 is 5.97 Å². The smallest absolute Gasteiger partial charge is 0.333 e. The summed E-state index contributed by atoms with van der Waals surface area (Å²) in [6.07, 6.45) is 4.78. The van der Waals surface area contributed by atoms with Crippen LogP contribution in [0.3, 0.4) is 0 Å². The van der Waals surface area contributed by atoms with Crippen molar-refractivity contribution in [2.45, 2.75) is 44.0 Å². The van der Waals surface area contributed by atoms with Crippen LogP contribution in [0, 0.1) is 23.7 Å². The molecule has 0 spiro atoms. The zero-order valence-electron chi connectivity index (χ0n) is 11.0. The van der Waals surface area contributed by atoms with Crippen LogP contribution in [0.2, 0.25) is 0 Å². The Morgan fingerprint density at radius 3 is 2.95 bits per heavy atom. The first-order valence-electron chi connectivity index (χ1n) is 7.34. The van der Waals surface area contributed by atoms with E-state index in [4.69, 9.17) is 14.6 Å². The third-order valence-electron chi connectivity index (χ3n) is 5.65. The number of epoxide rings is 1. The fraction of sp³-hybridized carbons (Fsp3) is 0.800. The van der Waals surface area contributed by atoms with Gasteiger partial charge in [-0.3, -0.25) is 0 Å². The van der Waals surface area contributed by atoms with E-state index in [9.17, 15) is 4.79 Å². The maximum absolute atomic E-state index is 11.9. The number of carbonyl (C=O) groups is 1. The summed E-state index contributed by atoms with van der Waals surface area (Å²) in [5, 5.41) is 8.83. The maximum Gasteiger partial charge on any atom is 0.333 e. The van der Waals surface area contributed by atoms with Gasteiger partial charge in [0.25, 0.3) is 0 Å². The molecule has 3 saturated carbocycles. The van der Waals surface area contributed by atoms with Crippen molar-refractivity contribution in [3.8, 4) is 0 Å². The van der Waals surface area contributed by atoms with Crippen molar-refractivity contribution < 1.29 is 19.4 Å². The lowest BCUT2D eigenvalue weighted by Gasteiger charge is -2.32. The summed E-state index contributed by atoms with van der Waals surface area (Å²) in [6, 6.07) is 0. The fourth-order valence-electron chi connectivity index (χ4n) is 4.84. The Morgan fingerprint density at radius 1 is 1.32 bits per heavy atom. The van der Waals surface area contributed by atoms with Gasteiger partial charge < -0.3 is 14.6 Å². The van der Waals surface area contributed by atoms with E-state index in [0.717, 1.165) is 18.3 Å². The predicted octanol–water partition coefficient (Wildman–Crippen LogP) is 1.28. The highest BCUT2D eigenvalue weighted by atomic mass is 16.6. The first kappa shape index (κ1) is 11.9. The third kappa shape index (κ3) is 1.69. The Bertz CT molecular complexity index is 432. The summed E-state index contributed by atoms with van der Waals surface area (Å²) in [6.45, 7) is 3.63. The van der Waals surface area contributed by atoms with Gasteiger partial charge in [-0.25, -0.2) is 4.79 Å². The lowest BCUT2D eigenvalue weighted by molar-refractivity contribution is -0.149. The highest BCUT2D eigenvalue weighted by Crippen LogP contribution is 2.64. The molecular weight excluding hydrogens is 244 g/mol. The largest absolute Gasteiger partial charge is 0.459 e. The van der Waals surface area contributed by atoms with E-state index in [1.54, 1.807) is 0 Å². The summed E-state index contributed by atoms with van der Waals surface area (Å²) < 4.78 is 11.3. The second-order valence-electron chi connectivity index (χ2n) is 6.53. The molecule has 4 heteroatoms. The molecule has 1 saturated heterocycles. The first-order valence-corrected chi connectivity index (χ1v) is 7.34. The van der Waals surface area contributed by atoms with Crippen LogP contribution in [-0.4, -0.2) is 36.0 Å². The molecule has 7 unspecified atom stereocenters. The zero-order valence-corrected chi connectivity index (χ0v) is 11.0. The molecular formula is C15H20O4. The van der Waals surface area contributed by atoms with Gasteiger partial charge in [0, 0.05) is 24.5 Å². The molecule has 104 valence electrons. The summed E-state index contributed by atoms with van der Waals surface area (Å²) in [5.41, 5.74) is 0.383. The first-order chi connectivity index (χ1) is 9.19. The number of hydrogen-bond acceptors (Lipinski definition) is 4. The molecule has 4 rings (SSSR count). The molecule has 0 amide bonds. The van der Waals surface area contributed by atoms with E-state index in [1.165, 1.54) is 12.8 Å². The lowest BCUT2D eigenvalue weighted by Crippen LogP contribution is -2.35. The minimum Gasteiger partial charge on any atom is -0.459 e. The van der Waals surface area contributed by atoms with Gasteiger partial charge in [0.15, 0.2) is 0 Å². The van der Waals surface area contributed by atoms with Crippen LogP contribution in [0.5, 0.6) is 0 Å². The molecule has 0 radical (unpaired) electrons. The van der Waals surface area contributed by atoms with E-state index < -0.39 is 0 Å². The highest BCUT2D eigenvalue weighted by Gasteiger charge is 2.67. The standard InChI is InChI=1S/C15H20O4/c1-7(2-3-16)15(17)19-11-5-8-4-10(11)13-9(8)6-12-14(13)18-12/h8-14,16H,1-6H2. The molecule has 0 aromatic rings. The van der Waals surface area contributed by atoms with Crippen LogP contribution in [0.25, 0.3) is 0 Å². The summed E-state index contributed by atoms with van der Waals surface area (Å²) in [5.74, 6) is 2.36. The quantitative estimate of drug-likeness (QED) is 0.472. The van der Waals surface area contributed by atoms with Gasteiger partial charge in [0.2, 0.25) is 0 Å². The number of rotatable bonds is 4. The average Bonchev–Trinajstić information content (AvgIpc) is 2.74. The molecule has 0 aromatic heterocycles. The number of hydrogen-bond donors (Lipinski definition) is 1. The number of aliphatic hydroxyl groups is 1. The zero-order chi connectivity index (χ0) is 13.1. The Labute approximate surface area is 112 Å². The molecule has 4 fully saturated rings. The molecule has 1 heterocycles.